The molecule has 0 bridgehead atoms. The van der Waals surface area contributed by atoms with Crippen molar-refractivity contribution in [2.45, 2.75) is 45.6 Å². The fourth-order valence-electron chi connectivity index (χ4n) is 2.38. The van der Waals surface area contributed by atoms with Crippen LogP contribution in [0.2, 0.25) is 0 Å². The van der Waals surface area contributed by atoms with Gasteiger partial charge in [-0.2, -0.15) is 0 Å². The average molecular weight is 369 g/mol. The fraction of sp³-hybridized carbons (Fsp3) is 0.364. The number of carbonyl (C=O) groups excluding carboxylic acids is 2. The van der Waals surface area contributed by atoms with E-state index in [9.17, 15) is 9.59 Å². The van der Waals surface area contributed by atoms with Gasteiger partial charge >= 0.3 is 5.97 Å². The number of anilines is 1. The topological polar surface area (TPSA) is 64.6 Å². The first-order chi connectivity index (χ1) is 12.8. The van der Waals surface area contributed by atoms with E-state index in [0.29, 0.717) is 11.4 Å². The van der Waals surface area contributed by atoms with E-state index in [2.05, 4.69) is 26.1 Å². The van der Waals surface area contributed by atoms with Crippen molar-refractivity contribution in [3.63, 3.8) is 0 Å². The van der Waals surface area contributed by atoms with E-state index in [0.717, 1.165) is 0 Å². The lowest BCUT2D eigenvalue weighted by molar-refractivity contribution is -0.153. The maximum atomic E-state index is 12.0. The third kappa shape index (κ3) is 6.77. The largest absolute Gasteiger partial charge is 0.493 e. The van der Waals surface area contributed by atoms with Crippen molar-refractivity contribution < 1.29 is 19.1 Å². The van der Waals surface area contributed by atoms with E-state index in [1.807, 2.05) is 42.5 Å². The molecule has 2 aromatic rings. The third-order valence-electron chi connectivity index (χ3n) is 4.01. The van der Waals surface area contributed by atoms with Gasteiger partial charge in [-0.15, -0.1) is 0 Å². The zero-order chi connectivity index (χ0) is 19.9. The summed E-state index contributed by atoms with van der Waals surface area (Å²) in [7, 11) is 0. The van der Waals surface area contributed by atoms with Crippen molar-refractivity contribution in [3.05, 3.63) is 60.2 Å². The van der Waals surface area contributed by atoms with Gasteiger partial charge in [0, 0.05) is 5.69 Å². The number of carbonyl (C=O) groups is 2. The number of esters is 1. The first kappa shape index (κ1) is 20.5. The summed E-state index contributed by atoms with van der Waals surface area (Å²) < 4.78 is 10.7. The van der Waals surface area contributed by atoms with Crippen molar-refractivity contribution in [2.24, 2.45) is 0 Å². The molecule has 0 aliphatic heterocycles. The van der Waals surface area contributed by atoms with Gasteiger partial charge in [0.05, 0.1) is 13.0 Å². The van der Waals surface area contributed by atoms with Gasteiger partial charge in [-0.3, -0.25) is 9.59 Å². The number of ether oxygens (including phenoxy) is 2. The Morgan fingerprint density at radius 3 is 2.22 bits per heavy atom. The highest BCUT2D eigenvalue weighted by atomic mass is 16.5. The summed E-state index contributed by atoms with van der Waals surface area (Å²) >= 11 is 0. The lowest BCUT2D eigenvalue weighted by Crippen LogP contribution is -2.30. The number of para-hydroxylation sites is 1. The van der Waals surface area contributed by atoms with Gasteiger partial charge in [-0.1, -0.05) is 51.1 Å². The Bertz CT molecular complexity index is 748. The second kappa shape index (κ2) is 9.21. The van der Waals surface area contributed by atoms with Crippen LogP contribution in [0.15, 0.2) is 54.6 Å². The van der Waals surface area contributed by atoms with Crippen LogP contribution in [0.3, 0.4) is 0 Å². The summed E-state index contributed by atoms with van der Waals surface area (Å²) in [6.07, 6.45) is -0.798. The maximum absolute atomic E-state index is 12.0. The quantitative estimate of drug-likeness (QED) is 0.738. The molecule has 1 N–H and O–H groups in total. The molecule has 0 saturated carbocycles. The average Bonchev–Trinajstić information content (AvgIpc) is 2.62. The predicted octanol–water partition coefficient (Wildman–Crippen LogP) is 4.32. The minimum atomic E-state index is -0.872. The lowest BCUT2D eigenvalue weighted by Gasteiger charge is -2.19. The van der Waals surface area contributed by atoms with Gasteiger partial charge in [0.25, 0.3) is 5.91 Å². The zero-order valence-corrected chi connectivity index (χ0v) is 16.3. The van der Waals surface area contributed by atoms with Crippen molar-refractivity contribution in [1.82, 2.24) is 0 Å². The summed E-state index contributed by atoms with van der Waals surface area (Å²) in [6.45, 7) is 8.18. The van der Waals surface area contributed by atoms with Crippen molar-refractivity contribution in [3.8, 4) is 5.75 Å². The van der Waals surface area contributed by atoms with Crippen LogP contribution in [0, 0.1) is 0 Å². The molecule has 0 aromatic heterocycles. The molecule has 2 aromatic carbocycles. The van der Waals surface area contributed by atoms with Crippen molar-refractivity contribution in [1.29, 1.82) is 0 Å². The van der Waals surface area contributed by atoms with Crippen LogP contribution in [0.5, 0.6) is 5.75 Å². The molecule has 0 fully saturated rings. The second-order valence-electron chi connectivity index (χ2n) is 7.36. The normalized spacial score (nSPS) is 12.1. The Labute approximate surface area is 160 Å². The molecule has 0 aliphatic carbocycles. The smallest absolute Gasteiger partial charge is 0.310 e. The summed E-state index contributed by atoms with van der Waals surface area (Å²) in [5, 5.41) is 2.70. The van der Waals surface area contributed by atoms with E-state index in [4.69, 9.17) is 9.47 Å². The molecule has 5 heteroatoms. The Kier molecular flexibility index (Phi) is 6.99. The molecule has 0 radical (unpaired) electrons. The van der Waals surface area contributed by atoms with Crippen LogP contribution in [0.25, 0.3) is 0 Å². The Morgan fingerprint density at radius 1 is 1.00 bits per heavy atom. The van der Waals surface area contributed by atoms with Gasteiger partial charge in [-0.25, -0.2) is 0 Å². The highest BCUT2D eigenvalue weighted by molar-refractivity contribution is 5.95. The number of hydrogen-bond donors (Lipinski definition) is 1. The Morgan fingerprint density at radius 2 is 1.63 bits per heavy atom. The van der Waals surface area contributed by atoms with E-state index in [-0.39, 0.29) is 24.3 Å². The molecule has 5 nitrogen and oxygen atoms in total. The Balaban J connectivity index is 1.73. The monoisotopic (exact) mass is 369 g/mol. The zero-order valence-electron chi connectivity index (χ0n) is 16.3. The van der Waals surface area contributed by atoms with Gasteiger partial charge < -0.3 is 14.8 Å². The van der Waals surface area contributed by atoms with Crippen molar-refractivity contribution in [2.75, 3.05) is 11.9 Å². The summed E-state index contributed by atoms with van der Waals surface area (Å²) in [6, 6.07) is 16.8. The van der Waals surface area contributed by atoms with Crippen LogP contribution < -0.4 is 10.1 Å². The highest BCUT2D eigenvalue weighted by Crippen LogP contribution is 2.24. The fourth-order valence-corrected chi connectivity index (χ4v) is 2.38. The minimum absolute atomic E-state index is 0.0734. The van der Waals surface area contributed by atoms with Crippen LogP contribution in [-0.2, 0) is 19.7 Å². The summed E-state index contributed by atoms with van der Waals surface area (Å²) in [5.41, 5.74) is 1.96. The van der Waals surface area contributed by atoms with Crippen LogP contribution in [-0.4, -0.2) is 24.6 Å². The highest BCUT2D eigenvalue weighted by Gasteiger charge is 2.18. The molecule has 0 saturated heterocycles. The number of nitrogens with one attached hydrogen (secondary N) is 1. The number of hydrogen-bond acceptors (Lipinski definition) is 4. The van der Waals surface area contributed by atoms with Gasteiger partial charge in [-0.05, 0) is 42.2 Å². The van der Waals surface area contributed by atoms with Crippen LogP contribution in [0.1, 0.15) is 39.7 Å². The molecule has 0 unspecified atom stereocenters. The molecule has 1 amide bonds. The van der Waals surface area contributed by atoms with E-state index in [1.165, 1.54) is 5.56 Å². The number of benzene rings is 2. The number of amides is 1. The molecule has 2 rings (SSSR count). The van der Waals surface area contributed by atoms with Gasteiger partial charge in [0.15, 0.2) is 6.10 Å². The second-order valence-corrected chi connectivity index (χ2v) is 7.36. The predicted molar refractivity (Wildman–Crippen MR) is 106 cm³/mol. The number of rotatable bonds is 7. The van der Waals surface area contributed by atoms with E-state index >= 15 is 0 Å². The Hall–Kier alpha value is -2.82. The van der Waals surface area contributed by atoms with Crippen LogP contribution >= 0.6 is 0 Å². The maximum Gasteiger partial charge on any atom is 0.310 e. The standard InChI is InChI=1S/C22H27NO4/c1-16(21(25)23-18-8-6-5-7-9-18)27-20(24)14-15-26-19-12-10-17(11-13-19)22(2,3)4/h5-13,16H,14-15H2,1-4H3,(H,23,25)/t16-/m1/s1. The SMILES string of the molecule is C[C@@H](OC(=O)CCOc1ccc(C(C)(C)C)cc1)C(=O)Nc1ccccc1. The summed E-state index contributed by atoms with van der Waals surface area (Å²) in [5.74, 6) is -0.143. The summed E-state index contributed by atoms with van der Waals surface area (Å²) in [4.78, 5) is 23.9. The molecule has 27 heavy (non-hydrogen) atoms. The molecule has 0 spiro atoms. The van der Waals surface area contributed by atoms with Gasteiger partial charge in [0.2, 0.25) is 0 Å². The molecule has 144 valence electrons. The van der Waals surface area contributed by atoms with Crippen LogP contribution in [0.4, 0.5) is 5.69 Å². The first-order valence-electron chi connectivity index (χ1n) is 9.04. The molecular weight excluding hydrogens is 342 g/mol. The van der Waals surface area contributed by atoms with Crippen molar-refractivity contribution >= 4 is 17.6 Å². The van der Waals surface area contributed by atoms with E-state index < -0.39 is 12.1 Å². The minimum Gasteiger partial charge on any atom is -0.493 e. The molecular formula is C22H27NO4. The first-order valence-corrected chi connectivity index (χ1v) is 9.04. The molecule has 0 aliphatic rings. The van der Waals surface area contributed by atoms with Gasteiger partial charge in [0.1, 0.15) is 5.75 Å². The third-order valence-corrected chi connectivity index (χ3v) is 4.01. The molecule has 1 atom stereocenters. The lowest BCUT2D eigenvalue weighted by atomic mass is 9.87. The molecule has 0 heterocycles. The van der Waals surface area contributed by atoms with E-state index in [1.54, 1.807) is 19.1 Å².